The molecular weight excluding hydrogens is 160 g/mol. The Morgan fingerprint density at radius 3 is 2.92 bits per heavy atom. The number of aromatic nitrogens is 2. The predicted molar refractivity (Wildman–Crippen MR) is 41.5 cm³/mol. The standard InChI is InChI=1S/C6H10N4O2/c7-5-6(9-12-8-5)10-2-1-4(11)3-10/h4,11H,1-3H2,(H2,7,8). The lowest BCUT2D eigenvalue weighted by Gasteiger charge is -2.12. The van der Waals surface area contributed by atoms with E-state index in [1.165, 1.54) is 0 Å². The molecule has 66 valence electrons. The maximum Gasteiger partial charge on any atom is 0.217 e. The second kappa shape index (κ2) is 2.63. The zero-order chi connectivity index (χ0) is 8.55. The van der Waals surface area contributed by atoms with Gasteiger partial charge in [0.2, 0.25) is 11.6 Å². The van der Waals surface area contributed by atoms with Crippen molar-refractivity contribution in [2.45, 2.75) is 12.5 Å². The van der Waals surface area contributed by atoms with E-state index in [0.717, 1.165) is 13.0 Å². The zero-order valence-electron chi connectivity index (χ0n) is 6.47. The first-order valence-electron chi connectivity index (χ1n) is 3.78. The molecule has 1 aliphatic heterocycles. The van der Waals surface area contributed by atoms with E-state index in [4.69, 9.17) is 5.73 Å². The zero-order valence-corrected chi connectivity index (χ0v) is 6.47. The van der Waals surface area contributed by atoms with Crippen molar-refractivity contribution in [1.29, 1.82) is 0 Å². The molecule has 1 saturated heterocycles. The Bertz CT molecular complexity index is 274. The Hall–Kier alpha value is -1.30. The number of nitrogens with zero attached hydrogens (tertiary/aromatic N) is 3. The SMILES string of the molecule is Nc1nonc1N1CCC(O)C1. The first-order chi connectivity index (χ1) is 5.77. The third-order valence-electron chi connectivity index (χ3n) is 1.96. The van der Waals surface area contributed by atoms with Crippen molar-refractivity contribution in [2.24, 2.45) is 0 Å². The van der Waals surface area contributed by atoms with Crippen LogP contribution in [0.1, 0.15) is 6.42 Å². The monoisotopic (exact) mass is 170 g/mol. The Morgan fingerprint density at radius 1 is 1.58 bits per heavy atom. The van der Waals surface area contributed by atoms with Gasteiger partial charge in [-0.15, -0.1) is 0 Å². The average molecular weight is 170 g/mol. The lowest BCUT2D eigenvalue weighted by molar-refractivity contribution is 0.198. The molecule has 6 heteroatoms. The third-order valence-corrected chi connectivity index (χ3v) is 1.96. The van der Waals surface area contributed by atoms with Crippen molar-refractivity contribution >= 4 is 11.6 Å². The van der Waals surface area contributed by atoms with Crippen molar-refractivity contribution in [2.75, 3.05) is 23.7 Å². The summed E-state index contributed by atoms with van der Waals surface area (Å²) < 4.78 is 4.44. The Kier molecular flexibility index (Phi) is 1.61. The number of aliphatic hydroxyl groups is 1. The molecule has 2 heterocycles. The normalized spacial score (nSPS) is 23.4. The van der Waals surface area contributed by atoms with Gasteiger partial charge in [-0.1, -0.05) is 0 Å². The van der Waals surface area contributed by atoms with E-state index in [2.05, 4.69) is 14.9 Å². The fourth-order valence-corrected chi connectivity index (χ4v) is 1.34. The minimum absolute atomic E-state index is 0.282. The van der Waals surface area contributed by atoms with Crippen molar-refractivity contribution in [3.8, 4) is 0 Å². The van der Waals surface area contributed by atoms with E-state index >= 15 is 0 Å². The molecule has 1 aromatic rings. The molecule has 12 heavy (non-hydrogen) atoms. The molecule has 1 unspecified atom stereocenters. The van der Waals surface area contributed by atoms with E-state index in [9.17, 15) is 5.11 Å². The minimum Gasteiger partial charge on any atom is -0.391 e. The van der Waals surface area contributed by atoms with Crippen LogP contribution in [0.2, 0.25) is 0 Å². The molecule has 0 aliphatic carbocycles. The summed E-state index contributed by atoms with van der Waals surface area (Å²) in [6.45, 7) is 1.30. The Balaban J connectivity index is 2.16. The molecule has 0 amide bonds. The van der Waals surface area contributed by atoms with Gasteiger partial charge in [-0.05, 0) is 16.7 Å². The van der Waals surface area contributed by atoms with Crippen LogP contribution in [0, 0.1) is 0 Å². The molecule has 0 radical (unpaired) electrons. The van der Waals surface area contributed by atoms with Gasteiger partial charge in [0.05, 0.1) is 6.10 Å². The highest BCUT2D eigenvalue weighted by molar-refractivity contribution is 5.56. The number of β-amino-alcohol motifs (C(OH)–C–C–N with tert-alkyl or cyclic N) is 1. The van der Waals surface area contributed by atoms with Crippen LogP contribution in [-0.2, 0) is 0 Å². The predicted octanol–water partition coefficient (Wildman–Crippen LogP) is -0.777. The molecule has 1 fully saturated rings. The summed E-state index contributed by atoms with van der Waals surface area (Å²) in [4.78, 5) is 1.86. The molecule has 1 aliphatic rings. The van der Waals surface area contributed by atoms with Gasteiger partial charge in [0.15, 0.2) is 0 Å². The smallest absolute Gasteiger partial charge is 0.217 e. The maximum atomic E-state index is 9.23. The number of hydrogen-bond acceptors (Lipinski definition) is 6. The van der Waals surface area contributed by atoms with Gasteiger partial charge in [-0.3, -0.25) is 0 Å². The van der Waals surface area contributed by atoms with Gasteiger partial charge in [0, 0.05) is 13.1 Å². The lowest BCUT2D eigenvalue weighted by atomic mass is 10.3. The fraction of sp³-hybridized carbons (Fsp3) is 0.667. The number of nitrogen functional groups attached to an aromatic ring is 1. The largest absolute Gasteiger partial charge is 0.391 e. The molecular formula is C6H10N4O2. The number of rotatable bonds is 1. The second-order valence-electron chi connectivity index (χ2n) is 2.86. The molecule has 0 bridgehead atoms. The molecule has 6 nitrogen and oxygen atoms in total. The van der Waals surface area contributed by atoms with Crippen LogP contribution >= 0.6 is 0 Å². The fourth-order valence-electron chi connectivity index (χ4n) is 1.34. The molecule has 0 aromatic carbocycles. The summed E-state index contributed by atoms with van der Waals surface area (Å²) in [5, 5.41) is 16.3. The van der Waals surface area contributed by atoms with Gasteiger partial charge in [0.25, 0.3) is 0 Å². The summed E-state index contributed by atoms with van der Waals surface area (Å²) in [7, 11) is 0. The highest BCUT2D eigenvalue weighted by Crippen LogP contribution is 2.22. The first-order valence-corrected chi connectivity index (χ1v) is 3.78. The maximum absolute atomic E-state index is 9.23. The minimum atomic E-state index is -0.291. The number of nitrogens with two attached hydrogens (primary N) is 1. The van der Waals surface area contributed by atoms with E-state index < -0.39 is 0 Å². The van der Waals surface area contributed by atoms with Crippen LogP contribution in [0.15, 0.2) is 4.63 Å². The van der Waals surface area contributed by atoms with Gasteiger partial charge in [-0.25, -0.2) is 4.63 Å². The topological polar surface area (TPSA) is 88.4 Å². The molecule has 0 spiro atoms. The molecule has 1 atom stereocenters. The van der Waals surface area contributed by atoms with Crippen LogP contribution < -0.4 is 10.6 Å². The van der Waals surface area contributed by atoms with Crippen LogP contribution in [0.3, 0.4) is 0 Å². The summed E-state index contributed by atoms with van der Waals surface area (Å²) in [6, 6.07) is 0. The van der Waals surface area contributed by atoms with Gasteiger partial charge < -0.3 is 15.7 Å². The second-order valence-corrected chi connectivity index (χ2v) is 2.86. The van der Waals surface area contributed by atoms with Crippen LogP contribution in [0.5, 0.6) is 0 Å². The lowest BCUT2D eigenvalue weighted by Crippen LogP contribution is -2.22. The van der Waals surface area contributed by atoms with Crippen LogP contribution in [0.25, 0.3) is 0 Å². The molecule has 1 aromatic heterocycles. The summed E-state index contributed by atoms with van der Waals surface area (Å²) in [5.74, 6) is 0.815. The number of aliphatic hydroxyl groups excluding tert-OH is 1. The van der Waals surface area contributed by atoms with E-state index in [0.29, 0.717) is 12.4 Å². The summed E-state index contributed by atoms with van der Waals surface area (Å²) in [6.07, 6.45) is 0.452. The highest BCUT2D eigenvalue weighted by Gasteiger charge is 2.24. The average Bonchev–Trinajstić information content (AvgIpc) is 2.58. The van der Waals surface area contributed by atoms with E-state index in [1.54, 1.807) is 0 Å². The van der Waals surface area contributed by atoms with Crippen LogP contribution in [-0.4, -0.2) is 34.6 Å². The number of anilines is 2. The Morgan fingerprint density at radius 2 is 2.42 bits per heavy atom. The number of hydrogen-bond donors (Lipinski definition) is 2. The molecule has 3 N–H and O–H groups in total. The van der Waals surface area contributed by atoms with Crippen molar-refractivity contribution < 1.29 is 9.74 Å². The van der Waals surface area contributed by atoms with Gasteiger partial charge >= 0.3 is 0 Å². The summed E-state index contributed by atoms with van der Waals surface area (Å²) >= 11 is 0. The van der Waals surface area contributed by atoms with Crippen molar-refractivity contribution in [3.63, 3.8) is 0 Å². The van der Waals surface area contributed by atoms with Crippen LogP contribution in [0.4, 0.5) is 11.6 Å². The molecule has 2 rings (SSSR count). The highest BCUT2D eigenvalue weighted by atomic mass is 16.6. The molecule has 0 saturated carbocycles. The quantitative estimate of drug-likeness (QED) is 0.575. The van der Waals surface area contributed by atoms with Gasteiger partial charge in [0.1, 0.15) is 0 Å². The van der Waals surface area contributed by atoms with E-state index in [1.807, 2.05) is 4.90 Å². The van der Waals surface area contributed by atoms with Crippen molar-refractivity contribution in [3.05, 3.63) is 0 Å². The summed E-state index contributed by atoms with van der Waals surface area (Å²) in [5.41, 5.74) is 5.48. The van der Waals surface area contributed by atoms with E-state index in [-0.39, 0.29) is 11.9 Å². The van der Waals surface area contributed by atoms with Gasteiger partial charge in [-0.2, -0.15) is 0 Å². The Labute approximate surface area is 68.9 Å². The third kappa shape index (κ3) is 1.10. The van der Waals surface area contributed by atoms with Crippen molar-refractivity contribution in [1.82, 2.24) is 10.3 Å². The first kappa shape index (κ1) is 7.35.